The summed E-state index contributed by atoms with van der Waals surface area (Å²) in [5, 5.41) is 12.4. The first-order valence-corrected chi connectivity index (χ1v) is 9.76. The van der Waals surface area contributed by atoms with Crippen LogP contribution in [0.25, 0.3) is 5.82 Å². The van der Waals surface area contributed by atoms with Crippen molar-refractivity contribution in [3.05, 3.63) is 54.6 Å². The highest BCUT2D eigenvalue weighted by Gasteiger charge is 2.25. The topological polar surface area (TPSA) is 80.0 Å². The summed E-state index contributed by atoms with van der Waals surface area (Å²) in [5.41, 5.74) is 0.309. The summed E-state index contributed by atoms with van der Waals surface area (Å²) in [6, 6.07) is 10.1. The van der Waals surface area contributed by atoms with Crippen LogP contribution in [0.5, 0.6) is 0 Å². The van der Waals surface area contributed by atoms with Gasteiger partial charge in [0, 0.05) is 31.1 Å². The second-order valence-corrected chi connectivity index (χ2v) is 7.28. The van der Waals surface area contributed by atoms with Gasteiger partial charge >= 0.3 is 0 Å². The number of amides is 1. The zero-order valence-electron chi connectivity index (χ0n) is 15.2. The van der Waals surface area contributed by atoms with Crippen LogP contribution in [0.2, 0.25) is 0 Å². The maximum atomic E-state index is 12.8. The molecule has 0 saturated carbocycles. The molecule has 0 aliphatic carbocycles. The first-order chi connectivity index (χ1) is 14.1. The molecule has 1 aliphatic heterocycles. The maximum absolute atomic E-state index is 12.8. The lowest BCUT2D eigenvalue weighted by Gasteiger charge is -2.35. The van der Waals surface area contributed by atoms with Gasteiger partial charge in [-0.15, -0.1) is 10.2 Å². The Hall–Kier alpha value is -3.08. The monoisotopic (exact) mass is 417 g/mol. The van der Waals surface area contributed by atoms with E-state index in [1.54, 1.807) is 35.2 Å². The van der Waals surface area contributed by atoms with Gasteiger partial charge in [0.1, 0.15) is 12.7 Å². The minimum atomic E-state index is -2.57. The van der Waals surface area contributed by atoms with Crippen molar-refractivity contribution in [1.29, 1.82) is 0 Å². The molecule has 1 aromatic carbocycles. The molecule has 2 aromatic heterocycles. The second-order valence-electron chi connectivity index (χ2n) is 6.24. The van der Waals surface area contributed by atoms with Gasteiger partial charge in [-0.3, -0.25) is 4.79 Å². The van der Waals surface area contributed by atoms with E-state index in [0.29, 0.717) is 60.0 Å². The van der Waals surface area contributed by atoms with E-state index in [2.05, 4.69) is 20.3 Å². The Morgan fingerprint density at radius 2 is 1.72 bits per heavy atom. The molecule has 0 atom stereocenters. The number of hydrogen-bond acceptors (Lipinski definition) is 7. The molecular formula is C18H17F2N7OS. The molecule has 0 bridgehead atoms. The fraction of sp³-hybridized carbons (Fsp3) is 0.278. The van der Waals surface area contributed by atoms with Crippen LogP contribution >= 0.6 is 11.8 Å². The number of benzene rings is 1. The normalized spacial score (nSPS) is 14.4. The fourth-order valence-corrected chi connectivity index (χ4v) is 3.72. The Morgan fingerprint density at radius 1 is 1.00 bits per heavy atom. The average molecular weight is 417 g/mol. The molecule has 1 fully saturated rings. The van der Waals surface area contributed by atoms with Crippen LogP contribution in [0.3, 0.4) is 0 Å². The second kappa shape index (κ2) is 8.52. The highest BCUT2D eigenvalue weighted by atomic mass is 32.2. The van der Waals surface area contributed by atoms with Gasteiger partial charge < -0.3 is 9.80 Å². The number of alkyl halides is 2. The molecule has 8 nitrogen and oxygen atoms in total. The Morgan fingerprint density at radius 3 is 2.38 bits per heavy atom. The van der Waals surface area contributed by atoms with Gasteiger partial charge in [0.05, 0.1) is 5.56 Å². The van der Waals surface area contributed by atoms with Crippen molar-refractivity contribution in [2.24, 2.45) is 0 Å². The largest absolute Gasteiger partial charge is 0.352 e. The van der Waals surface area contributed by atoms with Gasteiger partial charge in [0.25, 0.3) is 11.7 Å². The SMILES string of the molecule is O=C(c1ccccc1SC(F)F)N1CCN(c2ccc(-n3cncn3)nn2)CC1. The molecule has 0 spiro atoms. The number of carbonyl (C=O) groups is 1. The molecule has 0 unspecified atom stereocenters. The van der Waals surface area contributed by atoms with Gasteiger partial charge in [-0.25, -0.2) is 9.67 Å². The van der Waals surface area contributed by atoms with Gasteiger partial charge in [0.15, 0.2) is 11.6 Å². The zero-order valence-corrected chi connectivity index (χ0v) is 16.0. The molecule has 3 heterocycles. The third-order valence-electron chi connectivity index (χ3n) is 4.51. The number of halogens is 2. The lowest BCUT2D eigenvalue weighted by atomic mass is 10.2. The predicted octanol–water partition coefficient (Wildman–Crippen LogP) is 2.33. The molecule has 150 valence electrons. The standard InChI is InChI=1S/C18H17F2N7OS/c19-18(20)29-14-4-2-1-3-13(14)17(28)26-9-7-25(8-10-26)15-5-6-16(24-23-15)27-12-21-11-22-27/h1-6,11-12,18H,7-10H2. The van der Waals surface area contributed by atoms with E-state index in [0.717, 1.165) is 0 Å². The highest BCUT2D eigenvalue weighted by molar-refractivity contribution is 7.99. The van der Waals surface area contributed by atoms with Crippen LogP contribution in [0, 0.1) is 0 Å². The molecular weight excluding hydrogens is 400 g/mol. The van der Waals surface area contributed by atoms with E-state index >= 15 is 0 Å². The number of rotatable bonds is 5. The van der Waals surface area contributed by atoms with Crippen LogP contribution in [-0.2, 0) is 0 Å². The van der Waals surface area contributed by atoms with Crippen LogP contribution in [-0.4, -0.2) is 67.7 Å². The molecule has 1 aliphatic rings. The Kier molecular flexibility index (Phi) is 5.65. The van der Waals surface area contributed by atoms with E-state index in [-0.39, 0.29) is 5.91 Å². The molecule has 3 aromatic rings. The van der Waals surface area contributed by atoms with E-state index in [1.165, 1.54) is 17.3 Å². The third kappa shape index (κ3) is 4.34. The molecule has 4 rings (SSSR count). The van der Waals surface area contributed by atoms with Crippen molar-refractivity contribution in [3.8, 4) is 5.82 Å². The van der Waals surface area contributed by atoms with Crippen molar-refractivity contribution in [2.75, 3.05) is 31.1 Å². The molecule has 1 amide bonds. The number of nitrogens with zero attached hydrogens (tertiary/aromatic N) is 7. The van der Waals surface area contributed by atoms with Crippen LogP contribution in [0.15, 0.2) is 53.9 Å². The van der Waals surface area contributed by atoms with E-state index in [9.17, 15) is 13.6 Å². The third-order valence-corrected chi connectivity index (χ3v) is 5.30. The summed E-state index contributed by atoms with van der Waals surface area (Å²) in [7, 11) is 0. The van der Waals surface area contributed by atoms with Gasteiger partial charge in [-0.2, -0.15) is 13.9 Å². The summed E-state index contributed by atoms with van der Waals surface area (Å²) in [6.07, 6.45) is 2.96. The van der Waals surface area contributed by atoms with E-state index in [4.69, 9.17) is 0 Å². The summed E-state index contributed by atoms with van der Waals surface area (Å²) in [6.45, 7) is 2.10. The molecule has 29 heavy (non-hydrogen) atoms. The molecule has 11 heteroatoms. The first kappa shape index (κ1) is 19.2. The lowest BCUT2D eigenvalue weighted by molar-refractivity contribution is 0.0743. The number of thioether (sulfide) groups is 1. The maximum Gasteiger partial charge on any atom is 0.288 e. The minimum Gasteiger partial charge on any atom is -0.352 e. The quantitative estimate of drug-likeness (QED) is 0.590. The molecule has 0 N–H and O–H groups in total. The number of carbonyl (C=O) groups excluding carboxylic acids is 1. The minimum absolute atomic E-state index is 0.235. The van der Waals surface area contributed by atoms with Crippen LogP contribution in [0.1, 0.15) is 10.4 Å². The summed E-state index contributed by atoms with van der Waals surface area (Å²) >= 11 is 0.394. The van der Waals surface area contributed by atoms with Gasteiger partial charge in [-0.05, 0) is 24.3 Å². The lowest BCUT2D eigenvalue weighted by Crippen LogP contribution is -2.49. The Balaban J connectivity index is 1.40. The van der Waals surface area contributed by atoms with E-state index in [1.807, 2.05) is 11.0 Å². The van der Waals surface area contributed by atoms with Crippen molar-refractivity contribution in [1.82, 2.24) is 29.9 Å². The smallest absolute Gasteiger partial charge is 0.288 e. The van der Waals surface area contributed by atoms with Gasteiger partial charge in [0.2, 0.25) is 0 Å². The average Bonchev–Trinajstić information content (AvgIpc) is 3.28. The van der Waals surface area contributed by atoms with Crippen molar-refractivity contribution in [2.45, 2.75) is 10.7 Å². The zero-order chi connectivity index (χ0) is 20.2. The van der Waals surface area contributed by atoms with Crippen molar-refractivity contribution >= 4 is 23.5 Å². The molecule has 1 saturated heterocycles. The predicted molar refractivity (Wildman–Crippen MR) is 103 cm³/mol. The number of piperazine rings is 1. The number of anilines is 1. The summed E-state index contributed by atoms with van der Waals surface area (Å²) < 4.78 is 27.1. The summed E-state index contributed by atoms with van der Waals surface area (Å²) in [4.78, 5) is 20.7. The molecule has 0 radical (unpaired) electrons. The number of aromatic nitrogens is 5. The Bertz CT molecular complexity index is 961. The van der Waals surface area contributed by atoms with E-state index < -0.39 is 5.76 Å². The summed E-state index contributed by atoms with van der Waals surface area (Å²) in [5.74, 6) is -1.54. The van der Waals surface area contributed by atoms with Crippen molar-refractivity contribution < 1.29 is 13.6 Å². The van der Waals surface area contributed by atoms with Gasteiger partial charge in [-0.1, -0.05) is 23.9 Å². The Labute approximate surface area is 169 Å². The van der Waals surface area contributed by atoms with Crippen LogP contribution in [0.4, 0.5) is 14.6 Å². The van der Waals surface area contributed by atoms with Crippen molar-refractivity contribution in [3.63, 3.8) is 0 Å². The first-order valence-electron chi connectivity index (χ1n) is 8.88. The highest BCUT2D eigenvalue weighted by Crippen LogP contribution is 2.29. The fourth-order valence-electron chi connectivity index (χ4n) is 3.09. The number of hydrogen-bond donors (Lipinski definition) is 0. The van der Waals surface area contributed by atoms with Crippen LogP contribution < -0.4 is 4.90 Å².